The number of nitrogens with one attached hydrogen (secondary N) is 3. The van der Waals surface area contributed by atoms with Gasteiger partial charge in [0.25, 0.3) is 11.8 Å². The summed E-state index contributed by atoms with van der Waals surface area (Å²) in [6.07, 6.45) is 2.60. The molecule has 0 atom stereocenters. The minimum absolute atomic E-state index is 0.139. The normalized spacial score (nSPS) is 11.1. The molecule has 0 fully saturated rings. The first kappa shape index (κ1) is 28.4. The molecule has 3 rings (SSSR count). The molecule has 0 aliphatic heterocycles. The fourth-order valence-corrected chi connectivity index (χ4v) is 3.43. The van der Waals surface area contributed by atoms with Crippen LogP contribution in [0.25, 0.3) is 6.08 Å². The summed E-state index contributed by atoms with van der Waals surface area (Å²) in [5.41, 5.74) is 5.45. The van der Waals surface area contributed by atoms with Gasteiger partial charge >= 0.3 is 5.97 Å². The monoisotopic (exact) mass is 553 g/mol. The van der Waals surface area contributed by atoms with Crippen LogP contribution in [0.2, 0.25) is 10.0 Å². The summed E-state index contributed by atoms with van der Waals surface area (Å²) in [5, 5.41) is 3.30. The Morgan fingerprint density at radius 1 is 0.868 bits per heavy atom. The highest BCUT2D eigenvalue weighted by Gasteiger charge is 2.21. The number of rotatable bonds is 6. The highest BCUT2D eigenvalue weighted by atomic mass is 35.5. The van der Waals surface area contributed by atoms with Crippen molar-refractivity contribution < 1.29 is 23.9 Å². The molecular formula is C28H25Cl2N3O5. The van der Waals surface area contributed by atoms with Gasteiger partial charge in [0.2, 0.25) is 5.91 Å². The zero-order valence-corrected chi connectivity index (χ0v) is 22.3. The third-order valence-corrected chi connectivity index (χ3v) is 5.62. The molecule has 3 aromatic rings. The Bertz CT molecular complexity index is 1400. The number of hydrogen-bond acceptors (Lipinski definition) is 5. The number of ether oxygens (including phenoxy) is 1. The second kappa shape index (κ2) is 12.4. The molecule has 0 spiro atoms. The Kier molecular flexibility index (Phi) is 9.28. The topological polar surface area (TPSA) is 114 Å². The number of amides is 3. The molecule has 0 radical (unpaired) electrons. The van der Waals surface area contributed by atoms with Crippen molar-refractivity contribution in [1.29, 1.82) is 0 Å². The zero-order chi connectivity index (χ0) is 27.9. The van der Waals surface area contributed by atoms with Crippen molar-refractivity contribution in [2.45, 2.75) is 20.8 Å². The molecule has 3 N–H and O–H groups in total. The fourth-order valence-electron chi connectivity index (χ4n) is 2.94. The number of carbonyl (C=O) groups excluding carboxylic acids is 4. The molecule has 0 unspecified atom stereocenters. The van der Waals surface area contributed by atoms with Crippen molar-refractivity contribution in [1.82, 2.24) is 10.9 Å². The van der Waals surface area contributed by atoms with Crippen LogP contribution in [0.5, 0.6) is 5.75 Å². The fraction of sp³-hybridized carbons (Fsp3) is 0.143. The predicted molar refractivity (Wildman–Crippen MR) is 147 cm³/mol. The lowest BCUT2D eigenvalue weighted by molar-refractivity contribution is -0.123. The number of esters is 1. The first-order chi connectivity index (χ1) is 17.9. The molecule has 0 heterocycles. The quantitative estimate of drug-likeness (QED) is 0.157. The second-order valence-electron chi connectivity index (χ2n) is 9.11. The van der Waals surface area contributed by atoms with Crippen molar-refractivity contribution in [2.24, 2.45) is 5.41 Å². The Morgan fingerprint density at radius 3 is 2.21 bits per heavy atom. The van der Waals surface area contributed by atoms with Crippen molar-refractivity contribution in [2.75, 3.05) is 5.32 Å². The summed E-state index contributed by atoms with van der Waals surface area (Å²) in [4.78, 5) is 49.2. The molecule has 0 saturated heterocycles. The van der Waals surface area contributed by atoms with Crippen molar-refractivity contribution in [3.05, 3.63) is 99.5 Å². The summed E-state index contributed by atoms with van der Waals surface area (Å²) >= 11 is 11.9. The van der Waals surface area contributed by atoms with E-state index in [-0.39, 0.29) is 27.8 Å². The van der Waals surface area contributed by atoms with E-state index in [0.29, 0.717) is 16.3 Å². The largest absolute Gasteiger partial charge is 0.422 e. The summed E-state index contributed by atoms with van der Waals surface area (Å²) in [7, 11) is 0. The lowest BCUT2D eigenvalue weighted by atomic mass is 9.95. The Hall–Kier alpha value is -4.14. The van der Waals surface area contributed by atoms with Gasteiger partial charge in [0.1, 0.15) is 5.75 Å². The maximum absolute atomic E-state index is 12.5. The molecule has 3 aromatic carbocycles. The summed E-state index contributed by atoms with van der Waals surface area (Å²) in [6, 6.07) is 17.2. The standard InChI is InChI=1S/C28H25Cl2N3O5/c1-28(2,3)27(37)31-20-12-8-18(9-13-20)25(35)33-32-24(34)15-10-17-6-4-5-7-23(17)38-26(36)21-14-11-19(29)16-22(21)30/h4-16H,1-3H3,(H,31,37)(H,32,34)(H,33,35)/b15-10+. The summed E-state index contributed by atoms with van der Waals surface area (Å²) in [5.74, 6) is -1.80. The van der Waals surface area contributed by atoms with Crippen LogP contribution < -0.4 is 20.9 Å². The van der Waals surface area contributed by atoms with Crippen LogP contribution in [0.4, 0.5) is 5.69 Å². The van der Waals surface area contributed by atoms with Gasteiger partial charge in [-0.1, -0.05) is 62.2 Å². The highest BCUT2D eigenvalue weighted by Crippen LogP contribution is 2.25. The van der Waals surface area contributed by atoms with Gasteiger partial charge in [-0.3, -0.25) is 25.2 Å². The van der Waals surface area contributed by atoms with E-state index in [0.717, 1.165) is 0 Å². The average Bonchev–Trinajstić information content (AvgIpc) is 2.86. The number of carbonyl (C=O) groups is 4. The van der Waals surface area contributed by atoms with Crippen LogP contribution in [0.15, 0.2) is 72.8 Å². The summed E-state index contributed by atoms with van der Waals surface area (Å²) < 4.78 is 5.45. The molecule has 196 valence electrons. The van der Waals surface area contributed by atoms with Gasteiger partial charge in [-0.05, 0) is 54.6 Å². The average molecular weight is 554 g/mol. The van der Waals surface area contributed by atoms with E-state index in [1.54, 1.807) is 57.2 Å². The molecule has 0 aliphatic rings. The molecular weight excluding hydrogens is 529 g/mol. The molecule has 0 aliphatic carbocycles. The van der Waals surface area contributed by atoms with Crippen LogP contribution in [-0.2, 0) is 9.59 Å². The smallest absolute Gasteiger partial charge is 0.345 e. The van der Waals surface area contributed by atoms with E-state index in [4.69, 9.17) is 27.9 Å². The molecule has 0 bridgehead atoms. The Labute approximate surface area is 229 Å². The van der Waals surface area contributed by atoms with Gasteiger partial charge in [0.05, 0.1) is 10.6 Å². The van der Waals surface area contributed by atoms with Gasteiger partial charge in [-0.25, -0.2) is 4.79 Å². The van der Waals surface area contributed by atoms with E-state index >= 15 is 0 Å². The van der Waals surface area contributed by atoms with Crippen molar-refractivity contribution in [3.8, 4) is 5.75 Å². The third-order valence-electron chi connectivity index (χ3n) is 5.07. The number of halogens is 2. The number of hydrazine groups is 1. The molecule has 0 saturated carbocycles. The van der Waals surface area contributed by atoms with E-state index in [1.165, 1.54) is 42.5 Å². The van der Waals surface area contributed by atoms with Gasteiger partial charge in [-0.15, -0.1) is 0 Å². The van der Waals surface area contributed by atoms with E-state index in [2.05, 4.69) is 16.2 Å². The Balaban J connectivity index is 1.57. The minimum atomic E-state index is -0.687. The van der Waals surface area contributed by atoms with E-state index in [9.17, 15) is 19.2 Å². The predicted octanol–water partition coefficient (Wildman–Crippen LogP) is 5.67. The van der Waals surface area contributed by atoms with Gasteiger partial charge in [0.15, 0.2) is 0 Å². The van der Waals surface area contributed by atoms with Gasteiger partial charge in [0, 0.05) is 33.3 Å². The van der Waals surface area contributed by atoms with E-state index in [1.807, 2.05) is 0 Å². The van der Waals surface area contributed by atoms with Gasteiger partial charge in [-0.2, -0.15) is 0 Å². The SMILES string of the molecule is CC(C)(C)C(=O)Nc1ccc(C(=O)NNC(=O)/C=C/c2ccccc2OC(=O)c2ccc(Cl)cc2Cl)cc1. The minimum Gasteiger partial charge on any atom is -0.422 e. The third kappa shape index (κ3) is 7.93. The number of benzene rings is 3. The lowest BCUT2D eigenvalue weighted by Gasteiger charge is -2.17. The summed E-state index contributed by atoms with van der Waals surface area (Å²) in [6.45, 7) is 5.39. The molecule has 10 heteroatoms. The maximum Gasteiger partial charge on any atom is 0.345 e. The highest BCUT2D eigenvalue weighted by molar-refractivity contribution is 6.36. The van der Waals surface area contributed by atoms with Crippen molar-refractivity contribution in [3.63, 3.8) is 0 Å². The van der Waals surface area contributed by atoms with Crippen molar-refractivity contribution >= 4 is 58.7 Å². The number of para-hydroxylation sites is 1. The van der Waals surface area contributed by atoms with Crippen LogP contribution >= 0.6 is 23.2 Å². The number of anilines is 1. The molecule has 38 heavy (non-hydrogen) atoms. The van der Waals surface area contributed by atoms with Crippen LogP contribution in [0.3, 0.4) is 0 Å². The van der Waals surface area contributed by atoms with Crippen LogP contribution in [0, 0.1) is 5.41 Å². The Morgan fingerprint density at radius 2 is 1.55 bits per heavy atom. The van der Waals surface area contributed by atoms with E-state index < -0.39 is 23.2 Å². The maximum atomic E-state index is 12.5. The lowest BCUT2D eigenvalue weighted by Crippen LogP contribution is -2.40. The molecule has 0 aromatic heterocycles. The van der Waals surface area contributed by atoms with Crippen LogP contribution in [0.1, 0.15) is 47.1 Å². The molecule has 3 amide bonds. The second-order valence-corrected chi connectivity index (χ2v) is 9.95. The van der Waals surface area contributed by atoms with Gasteiger partial charge < -0.3 is 10.1 Å². The number of hydrogen-bond donors (Lipinski definition) is 3. The first-order valence-corrected chi connectivity index (χ1v) is 12.2. The molecule has 8 nitrogen and oxygen atoms in total. The first-order valence-electron chi connectivity index (χ1n) is 11.4. The zero-order valence-electron chi connectivity index (χ0n) is 20.8. The van der Waals surface area contributed by atoms with Crippen LogP contribution in [-0.4, -0.2) is 23.7 Å².